The molecule has 1 saturated carbocycles. The van der Waals surface area contributed by atoms with E-state index in [0.29, 0.717) is 5.56 Å². The average molecular weight is 412 g/mol. The largest absolute Gasteiger partial charge is 0.343 e. The van der Waals surface area contributed by atoms with Crippen molar-refractivity contribution in [1.29, 1.82) is 0 Å². The number of nitrogens with zero attached hydrogens (tertiary/aromatic N) is 4. The molecular formula is C19H18BrN5O. The van der Waals surface area contributed by atoms with Gasteiger partial charge in [-0.25, -0.2) is 4.68 Å². The third-order valence-electron chi connectivity index (χ3n) is 4.99. The SMILES string of the molecule is Cc1cc(C(=O)NC2(c3cccc(Br)c3)CCC2)ccc1-n1cnnn1. The second kappa shape index (κ2) is 6.64. The lowest BCUT2D eigenvalue weighted by Crippen LogP contribution is -2.50. The van der Waals surface area contributed by atoms with E-state index >= 15 is 0 Å². The van der Waals surface area contributed by atoms with Gasteiger partial charge in [0, 0.05) is 10.0 Å². The smallest absolute Gasteiger partial charge is 0.251 e. The molecule has 1 fully saturated rings. The van der Waals surface area contributed by atoms with E-state index in [9.17, 15) is 4.79 Å². The molecule has 26 heavy (non-hydrogen) atoms. The Kier molecular flexibility index (Phi) is 4.32. The van der Waals surface area contributed by atoms with Crippen molar-refractivity contribution in [3.05, 3.63) is 70.0 Å². The summed E-state index contributed by atoms with van der Waals surface area (Å²) in [4.78, 5) is 12.9. The van der Waals surface area contributed by atoms with Crippen molar-refractivity contribution in [2.75, 3.05) is 0 Å². The molecule has 132 valence electrons. The minimum atomic E-state index is -0.275. The van der Waals surface area contributed by atoms with E-state index in [1.165, 1.54) is 0 Å². The van der Waals surface area contributed by atoms with Gasteiger partial charge >= 0.3 is 0 Å². The minimum absolute atomic E-state index is 0.0592. The zero-order valence-electron chi connectivity index (χ0n) is 14.3. The van der Waals surface area contributed by atoms with Crippen molar-refractivity contribution in [2.45, 2.75) is 31.7 Å². The number of nitrogens with one attached hydrogen (secondary N) is 1. The van der Waals surface area contributed by atoms with E-state index in [-0.39, 0.29) is 11.4 Å². The Morgan fingerprint density at radius 1 is 1.23 bits per heavy atom. The van der Waals surface area contributed by atoms with Crippen LogP contribution in [0.3, 0.4) is 0 Å². The van der Waals surface area contributed by atoms with Crippen LogP contribution < -0.4 is 5.32 Å². The van der Waals surface area contributed by atoms with Crippen LogP contribution in [0.1, 0.15) is 40.7 Å². The number of amides is 1. The highest BCUT2D eigenvalue weighted by Gasteiger charge is 2.40. The van der Waals surface area contributed by atoms with Crippen molar-refractivity contribution >= 4 is 21.8 Å². The van der Waals surface area contributed by atoms with Crippen LogP contribution >= 0.6 is 15.9 Å². The zero-order chi connectivity index (χ0) is 18.1. The number of halogens is 1. The third kappa shape index (κ3) is 3.03. The highest BCUT2D eigenvalue weighted by molar-refractivity contribution is 9.10. The molecule has 1 aromatic heterocycles. The predicted octanol–water partition coefficient (Wildman–Crippen LogP) is 3.54. The number of aryl methyl sites for hydroxylation is 1. The Hall–Kier alpha value is -2.54. The van der Waals surface area contributed by atoms with Crippen molar-refractivity contribution in [2.24, 2.45) is 0 Å². The molecule has 1 aliphatic carbocycles. The number of hydrogen-bond donors (Lipinski definition) is 1. The Morgan fingerprint density at radius 3 is 2.69 bits per heavy atom. The van der Waals surface area contributed by atoms with E-state index in [0.717, 1.165) is 40.5 Å². The van der Waals surface area contributed by atoms with Crippen LogP contribution in [-0.2, 0) is 5.54 Å². The Morgan fingerprint density at radius 2 is 2.08 bits per heavy atom. The Balaban J connectivity index is 1.59. The molecular weight excluding hydrogens is 394 g/mol. The summed E-state index contributed by atoms with van der Waals surface area (Å²) in [6.45, 7) is 1.95. The van der Waals surface area contributed by atoms with Gasteiger partial charge in [-0.1, -0.05) is 28.1 Å². The number of tetrazole rings is 1. The number of carbonyl (C=O) groups is 1. The summed E-state index contributed by atoms with van der Waals surface area (Å²) in [5, 5.41) is 14.5. The highest BCUT2D eigenvalue weighted by Crippen LogP contribution is 2.42. The lowest BCUT2D eigenvalue weighted by atomic mass is 9.71. The first kappa shape index (κ1) is 16.9. The first-order chi connectivity index (χ1) is 12.6. The predicted molar refractivity (Wildman–Crippen MR) is 101 cm³/mol. The molecule has 0 saturated heterocycles. The van der Waals surface area contributed by atoms with Crippen LogP contribution in [-0.4, -0.2) is 26.1 Å². The minimum Gasteiger partial charge on any atom is -0.343 e. The van der Waals surface area contributed by atoms with E-state index in [4.69, 9.17) is 0 Å². The molecule has 2 aromatic carbocycles. The Bertz CT molecular complexity index is 950. The van der Waals surface area contributed by atoms with Gasteiger partial charge in [-0.3, -0.25) is 4.79 Å². The summed E-state index contributed by atoms with van der Waals surface area (Å²) >= 11 is 3.52. The van der Waals surface area contributed by atoms with Crippen molar-refractivity contribution < 1.29 is 4.79 Å². The average Bonchev–Trinajstić information content (AvgIpc) is 3.12. The lowest BCUT2D eigenvalue weighted by Gasteiger charge is -2.43. The zero-order valence-corrected chi connectivity index (χ0v) is 15.9. The van der Waals surface area contributed by atoms with Gasteiger partial charge in [-0.2, -0.15) is 0 Å². The fourth-order valence-electron chi connectivity index (χ4n) is 3.42. The molecule has 0 bridgehead atoms. The summed E-state index contributed by atoms with van der Waals surface area (Å²) in [5.74, 6) is -0.0592. The molecule has 3 aromatic rings. The molecule has 0 radical (unpaired) electrons. The van der Waals surface area contributed by atoms with Gasteiger partial charge in [0.1, 0.15) is 6.33 Å². The molecule has 7 heteroatoms. The summed E-state index contributed by atoms with van der Waals surface area (Å²) in [6.07, 6.45) is 4.57. The maximum atomic E-state index is 12.9. The first-order valence-electron chi connectivity index (χ1n) is 8.50. The van der Waals surface area contributed by atoms with Gasteiger partial charge in [0.2, 0.25) is 0 Å². The van der Waals surface area contributed by atoms with Gasteiger partial charge in [-0.05, 0) is 78.1 Å². The fraction of sp³-hybridized carbons (Fsp3) is 0.263. The lowest BCUT2D eigenvalue weighted by molar-refractivity contribution is 0.0823. The van der Waals surface area contributed by atoms with Crippen LogP contribution in [0.25, 0.3) is 5.69 Å². The molecule has 1 N–H and O–H groups in total. The molecule has 6 nitrogen and oxygen atoms in total. The van der Waals surface area contributed by atoms with Gasteiger partial charge in [0.15, 0.2) is 0 Å². The molecule has 0 aliphatic heterocycles. The van der Waals surface area contributed by atoms with E-state index < -0.39 is 0 Å². The number of benzene rings is 2. The maximum Gasteiger partial charge on any atom is 0.251 e. The van der Waals surface area contributed by atoms with Crippen LogP contribution in [0, 0.1) is 6.92 Å². The van der Waals surface area contributed by atoms with Gasteiger partial charge < -0.3 is 5.32 Å². The molecule has 0 atom stereocenters. The summed E-state index contributed by atoms with van der Waals surface area (Å²) in [5.41, 5.74) is 3.31. The molecule has 0 unspecified atom stereocenters. The number of hydrogen-bond acceptors (Lipinski definition) is 4. The van der Waals surface area contributed by atoms with Crippen LogP contribution in [0.2, 0.25) is 0 Å². The standard InChI is InChI=1S/C19H18BrN5O/c1-13-10-14(6-7-17(13)25-12-21-23-24-25)18(26)22-19(8-3-9-19)15-4-2-5-16(20)11-15/h2,4-7,10-12H,3,8-9H2,1H3,(H,22,26). The van der Waals surface area contributed by atoms with E-state index in [1.807, 2.05) is 37.3 Å². The monoisotopic (exact) mass is 411 g/mol. The Labute approximate surface area is 159 Å². The second-order valence-corrected chi connectivity index (χ2v) is 7.57. The fourth-order valence-corrected chi connectivity index (χ4v) is 3.82. The molecule has 4 rings (SSSR count). The molecule has 0 spiro atoms. The van der Waals surface area contributed by atoms with Crippen molar-refractivity contribution in [3.8, 4) is 5.69 Å². The number of carbonyl (C=O) groups excluding carboxylic acids is 1. The quantitative estimate of drug-likeness (QED) is 0.712. The van der Waals surface area contributed by atoms with Gasteiger partial charge in [0.25, 0.3) is 5.91 Å². The van der Waals surface area contributed by atoms with Gasteiger partial charge in [0.05, 0.1) is 11.2 Å². The van der Waals surface area contributed by atoms with Gasteiger partial charge in [-0.15, -0.1) is 5.10 Å². The van der Waals surface area contributed by atoms with Crippen molar-refractivity contribution in [1.82, 2.24) is 25.5 Å². The third-order valence-corrected chi connectivity index (χ3v) is 5.49. The van der Waals surface area contributed by atoms with E-state index in [1.54, 1.807) is 11.0 Å². The topological polar surface area (TPSA) is 72.7 Å². The van der Waals surface area contributed by atoms with Crippen LogP contribution in [0.4, 0.5) is 0 Å². The highest BCUT2D eigenvalue weighted by atomic mass is 79.9. The molecule has 1 aliphatic rings. The van der Waals surface area contributed by atoms with Crippen molar-refractivity contribution in [3.63, 3.8) is 0 Å². The van der Waals surface area contributed by atoms with Crippen LogP contribution in [0.15, 0.2) is 53.3 Å². The molecule has 1 heterocycles. The molecule has 1 amide bonds. The first-order valence-corrected chi connectivity index (χ1v) is 9.29. The summed E-state index contributed by atoms with van der Waals surface area (Å²) in [6, 6.07) is 13.7. The second-order valence-electron chi connectivity index (χ2n) is 6.66. The maximum absolute atomic E-state index is 12.9. The van der Waals surface area contributed by atoms with E-state index in [2.05, 4.69) is 48.9 Å². The van der Waals surface area contributed by atoms with Crippen LogP contribution in [0.5, 0.6) is 0 Å². The summed E-state index contributed by atoms with van der Waals surface area (Å²) < 4.78 is 2.61. The summed E-state index contributed by atoms with van der Waals surface area (Å²) in [7, 11) is 0. The normalized spacial score (nSPS) is 15.3. The number of aromatic nitrogens is 4. The number of rotatable bonds is 4.